The largest absolute Gasteiger partial charge is 0.496 e. The monoisotopic (exact) mass is 263 g/mol. The number of ether oxygens (including phenoxy) is 1. The lowest BCUT2D eigenvalue weighted by Gasteiger charge is -2.38. The lowest BCUT2D eigenvalue weighted by atomic mass is 9.84. The van der Waals surface area contributed by atoms with Crippen molar-refractivity contribution in [1.82, 2.24) is 4.90 Å². The van der Waals surface area contributed by atoms with Crippen LogP contribution >= 0.6 is 0 Å². The number of piperidine rings is 1. The maximum atomic E-state index is 11.1. The number of benzene rings is 1. The van der Waals surface area contributed by atoms with Gasteiger partial charge in [0.2, 0.25) is 0 Å². The molecular formula is C15H21NO3. The van der Waals surface area contributed by atoms with E-state index in [0.717, 1.165) is 24.4 Å². The maximum Gasteiger partial charge on any atom is 0.143 e. The lowest BCUT2D eigenvalue weighted by molar-refractivity contribution is -0.119. The van der Waals surface area contributed by atoms with Gasteiger partial charge in [0.15, 0.2) is 0 Å². The number of hydrogen-bond acceptors (Lipinski definition) is 4. The normalized spacial score (nSPS) is 19.1. The molecule has 1 aliphatic rings. The fraction of sp³-hybridized carbons (Fsp3) is 0.533. The molecule has 0 unspecified atom stereocenters. The summed E-state index contributed by atoms with van der Waals surface area (Å²) in [6.45, 7) is 3.53. The first-order valence-corrected chi connectivity index (χ1v) is 6.63. The van der Waals surface area contributed by atoms with E-state index in [1.807, 2.05) is 24.3 Å². The first-order chi connectivity index (χ1) is 9.05. The Morgan fingerprint density at radius 2 is 2.00 bits per heavy atom. The molecule has 4 heteroatoms. The van der Waals surface area contributed by atoms with Crippen LogP contribution < -0.4 is 4.74 Å². The molecule has 1 heterocycles. The van der Waals surface area contributed by atoms with Gasteiger partial charge in [-0.2, -0.15) is 0 Å². The second-order valence-electron chi connectivity index (χ2n) is 5.21. The quantitative estimate of drug-likeness (QED) is 0.896. The van der Waals surface area contributed by atoms with E-state index in [0.29, 0.717) is 19.4 Å². The third-order valence-corrected chi connectivity index (χ3v) is 3.74. The zero-order chi connectivity index (χ0) is 13.9. The average molecular weight is 263 g/mol. The van der Waals surface area contributed by atoms with Crippen LogP contribution in [-0.2, 0) is 10.4 Å². The smallest absolute Gasteiger partial charge is 0.143 e. The molecular weight excluding hydrogens is 242 g/mol. The van der Waals surface area contributed by atoms with Crippen molar-refractivity contribution in [1.29, 1.82) is 0 Å². The molecule has 1 aromatic carbocycles. The summed E-state index contributed by atoms with van der Waals surface area (Å²) in [5.41, 5.74) is -0.000130. The van der Waals surface area contributed by atoms with Gasteiger partial charge in [-0.1, -0.05) is 18.2 Å². The van der Waals surface area contributed by atoms with Gasteiger partial charge in [-0.15, -0.1) is 0 Å². The van der Waals surface area contributed by atoms with Crippen molar-refractivity contribution < 1.29 is 14.6 Å². The second-order valence-corrected chi connectivity index (χ2v) is 5.21. The number of ketones is 1. The number of likely N-dealkylation sites (tertiary alicyclic amines) is 1. The van der Waals surface area contributed by atoms with E-state index >= 15 is 0 Å². The summed E-state index contributed by atoms with van der Waals surface area (Å²) in [5, 5.41) is 10.8. The van der Waals surface area contributed by atoms with Crippen LogP contribution in [0, 0.1) is 0 Å². The van der Waals surface area contributed by atoms with E-state index in [4.69, 9.17) is 4.74 Å². The average Bonchev–Trinajstić information content (AvgIpc) is 2.41. The van der Waals surface area contributed by atoms with Gasteiger partial charge < -0.3 is 9.84 Å². The molecule has 0 amide bonds. The van der Waals surface area contributed by atoms with Gasteiger partial charge in [-0.25, -0.2) is 0 Å². The summed E-state index contributed by atoms with van der Waals surface area (Å²) in [6, 6.07) is 7.60. The fourth-order valence-corrected chi connectivity index (χ4v) is 2.69. The molecule has 1 fully saturated rings. The number of carbonyl (C=O) groups is 1. The van der Waals surface area contributed by atoms with Crippen molar-refractivity contribution in [2.24, 2.45) is 0 Å². The molecule has 0 aromatic heterocycles. The summed E-state index contributed by atoms with van der Waals surface area (Å²) in [4.78, 5) is 13.2. The highest BCUT2D eigenvalue weighted by Gasteiger charge is 2.36. The van der Waals surface area contributed by atoms with Crippen molar-refractivity contribution in [2.75, 3.05) is 26.7 Å². The van der Waals surface area contributed by atoms with Crippen LogP contribution in [0.25, 0.3) is 0 Å². The van der Waals surface area contributed by atoms with Gasteiger partial charge in [-0.05, 0) is 25.8 Å². The van der Waals surface area contributed by atoms with Crippen LogP contribution in [0.4, 0.5) is 0 Å². The molecule has 1 aliphatic heterocycles. The van der Waals surface area contributed by atoms with Gasteiger partial charge >= 0.3 is 0 Å². The topological polar surface area (TPSA) is 49.8 Å². The SMILES string of the molecule is COc1ccccc1C1(O)CCN(CC(C)=O)CC1. The number of Topliss-reactive ketones (excluding diaryl/α,β-unsaturated/α-hetero) is 1. The number of para-hydroxylation sites is 1. The van der Waals surface area contributed by atoms with Crippen molar-refractivity contribution >= 4 is 5.78 Å². The van der Waals surface area contributed by atoms with E-state index in [9.17, 15) is 9.90 Å². The van der Waals surface area contributed by atoms with E-state index in [2.05, 4.69) is 4.90 Å². The summed E-state index contributed by atoms with van der Waals surface area (Å²) < 4.78 is 5.33. The van der Waals surface area contributed by atoms with Crippen LogP contribution in [0.5, 0.6) is 5.75 Å². The number of aliphatic hydroxyl groups is 1. The van der Waals surface area contributed by atoms with Crippen molar-refractivity contribution in [3.05, 3.63) is 29.8 Å². The summed E-state index contributed by atoms with van der Waals surface area (Å²) in [7, 11) is 1.62. The van der Waals surface area contributed by atoms with E-state index < -0.39 is 5.60 Å². The first kappa shape index (κ1) is 14.0. The first-order valence-electron chi connectivity index (χ1n) is 6.63. The Morgan fingerprint density at radius 3 is 2.58 bits per heavy atom. The Bertz CT molecular complexity index is 450. The zero-order valence-electron chi connectivity index (χ0n) is 11.6. The van der Waals surface area contributed by atoms with Crippen LogP contribution in [0.3, 0.4) is 0 Å². The molecule has 0 saturated carbocycles. The standard InChI is InChI=1S/C15H21NO3/c1-12(17)11-16-9-7-15(18,8-10-16)13-5-3-4-6-14(13)19-2/h3-6,18H,7-11H2,1-2H3. The molecule has 104 valence electrons. The molecule has 2 rings (SSSR count). The molecule has 19 heavy (non-hydrogen) atoms. The number of rotatable bonds is 4. The Labute approximate surface area is 114 Å². The van der Waals surface area contributed by atoms with Gasteiger partial charge in [-0.3, -0.25) is 9.69 Å². The third-order valence-electron chi connectivity index (χ3n) is 3.74. The predicted molar refractivity (Wildman–Crippen MR) is 73.2 cm³/mol. The molecule has 0 aliphatic carbocycles. The molecule has 1 saturated heterocycles. The Morgan fingerprint density at radius 1 is 1.37 bits per heavy atom. The third kappa shape index (κ3) is 3.14. The highest BCUT2D eigenvalue weighted by atomic mass is 16.5. The van der Waals surface area contributed by atoms with Crippen molar-refractivity contribution in [3.8, 4) is 5.75 Å². The van der Waals surface area contributed by atoms with E-state index in [1.165, 1.54) is 0 Å². The van der Waals surface area contributed by atoms with Crippen LogP contribution in [0.1, 0.15) is 25.3 Å². The highest BCUT2D eigenvalue weighted by molar-refractivity contribution is 5.77. The van der Waals surface area contributed by atoms with Gasteiger partial charge in [0.25, 0.3) is 0 Å². The molecule has 0 radical (unpaired) electrons. The molecule has 0 atom stereocenters. The minimum absolute atomic E-state index is 0.169. The minimum Gasteiger partial charge on any atom is -0.496 e. The highest BCUT2D eigenvalue weighted by Crippen LogP contribution is 2.37. The van der Waals surface area contributed by atoms with E-state index in [-0.39, 0.29) is 5.78 Å². The molecule has 0 spiro atoms. The van der Waals surface area contributed by atoms with Crippen LogP contribution in [0.15, 0.2) is 24.3 Å². The van der Waals surface area contributed by atoms with Gasteiger partial charge in [0.05, 0.1) is 19.3 Å². The minimum atomic E-state index is -0.847. The Kier molecular flexibility index (Phi) is 4.22. The van der Waals surface area contributed by atoms with E-state index in [1.54, 1.807) is 14.0 Å². The van der Waals surface area contributed by atoms with Crippen LogP contribution in [0.2, 0.25) is 0 Å². The molecule has 1 N–H and O–H groups in total. The van der Waals surface area contributed by atoms with Gasteiger partial charge in [0, 0.05) is 18.7 Å². The molecule has 1 aromatic rings. The summed E-state index contributed by atoms with van der Waals surface area (Å²) >= 11 is 0. The van der Waals surface area contributed by atoms with Crippen molar-refractivity contribution in [3.63, 3.8) is 0 Å². The maximum absolute atomic E-state index is 11.1. The van der Waals surface area contributed by atoms with Gasteiger partial charge in [0.1, 0.15) is 11.5 Å². The number of methoxy groups -OCH3 is 1. The number of hydrogen-bond donors (Lipinski definition) is 1. The predicted octanol–water partition coefficient (Wildman–Crippen LogP) is 1.57. The molecule has 0 bridgehead atoms. The van der Waals surface area contributed by atoms with Crippen LogP contribution in [-0.4, -0.2) is 42.5 Å². The second kappa shape index (κ2) is 5.72. The Hall–Kier alpha value is -1.39. The fourth-order valence-electron chi connectivity index (χ4n) is 2.69. The number of nitrogens with zero attached hydrogens (tertiary/aromatic N) is 1. The summed E-state index contributed by atoms with van der Waals surface area (Å²) in [6.07, 6.45) is 1.25. The number of carbonyl (C=O) groups excluding carboxylic acids is 1. The molecule has 4 nitrogen and oxygen atoms in total. The summed E-state index contributed by atoms with van der Waals surface area (Å²) in [5.74, 6) is 0.896. The lowest BCUT2D eigenvalue weighted by Crippen LogP contribution is -2.44. The van der Waals surface area contributed by atoms with Crippen molar-refractivity contribution in [2.45, 2.75) is 25.4 Å². The Balaban J connectivity index is 2.11. The zero-order valence-corrected chi connectivity index (χ0v) is 11.6.